The fraction of sp³-hybridized carbons (Fsp3) is 0.294. The van der Waals surface area contributed by atoms with E-state index < -0.39 is 0 Å². The minimum Gasteiger partial charge on any atom is -0.486 e. The molecule has 20 heavy (non-hydrogen) atoms. The van der Waals surface area contributed by atoms with Crippen molar-refractivity contribution >= 4 is 5.69 Å². The highest BCUT2D eigenvalue weighted by Crippen LogP contribution is 2.33. The van der Waals surface area contributed by atoms with E-state index in [4.69, 9.17) is 9.47 Å². The van der Waals surface area contributed by atoms with Crippen LogP contribution in [0.2, 0.25) is 0 Å². The van der Waals surface area contributed by atoms with Crippen molar-refractivity contribution in [3.63, 3.8) is 0 Å². The van der Waals surface area contributed by atoms with Gasteiger partial charge < -0.3 is 14.8 Å². The summed E-state index contributed by atoms with van der Waals surface area (Å²) >= 11 is 0. The van der Waals surface area contributed by atoms with Gasteiger partial charge in [0.05, 0.1) is 0 Å². The molecule has 0 aromatic heterocycles. The molecule has 0 unspecified atom stereocenters. The second kappa shape index (κ2) is 5.45. The molecule has 3 heteroatoms. The standard InChI is InChI=1S/C17H19NO2/c1-12-9-16-17(20-8-7-19-16)11-14(12)10-13-3-5-15(18-2)6-4-13/h3-6,9,11,18H,7-8,10H2,1-2H3. The van der Waals surface area contributed by atoms with E-state index in [1.54, 1.807) is 0 Å². The third-order valence-corrected chi connectivity index (χ3v) is 3.64. The second-order valence-electron chi connectivity index (χ2n) is 5.05. The Kier molecular flexibility index (Phi) is 3.50. The van der Waals surface area contributed by atoms with E-state index in [0.29, 0.717) is 13.2 Å². The van der Waals surface area contributed by atoms with E-state index in [0.717, 1.165) is 23.6 Å². The van der Waals surface area contributed by atoms with Crippen molar-refractivity contribution in [2.75, 3.05) is 25.6 Å². The van der Waals surface area contributed by atoms with Crippen LogP contribution < -0.4 is 14.8 Å². The molecule has 0 aliphatic carbocycles. The predicted molar refractivity (Wildman–Crippen MR) is 81.0 cm³/mol. The number of ether oxygens (including phenoxy) is 2. The Morgan fingerprint density at radius 1 is 1.00 bits per heavy atom. The molecule has 0 radical (unpaired) electrons. The highest BCUT2D eigenvalue weighted by molar-refractivity contribution is 5.50. The van der Waals surface area contributed by atoms with E-state index in [1.165, 1.54) is 16.7 Å². The largest absolute Gasteiger partial charge is 0.486 e. The Morgan fingerprint density at radius 3 is 2.30 bits per heavy atom. The summed E-state index contributed by atoms with van der Waals surface area (Å²) in [5, 5.41) is 3.13. The number of aryl methyl sites for hydroxylation is 1. The zero-order chi connectivity index (χ0) is 13.9. The van der Waals surface area contributed by atoms with Crippen LogP contribution in [0.5, 0.6) is 11.5 Å². The molecule has 0 saturated heterocycles. The molecule has 0 saturated carbocycles. The third-order valence-electron chi connectivity index (χ3n) is 3.64. The maximum atomic E-state index is 5.66. The Labute approximate surface area is 119 Å². The summed E-state index contributed by atoms with van der Waals surface area (Å²) in [7, 11) is 1.93. The summed E-state index contributed by atoms with van der Waals surface area (Å²) in [6, 6.07) is 12.7. The molecule has 104 valence electrons. The maximum Gasteiger partial charge on any atom is 0.161 e. The molecule has 0 atom stereocenters. The number of nitrogens with one attached hydrogen (secondary N) is 1. The Bertz CT molecular complexity index is 605. The number of hydrogen-bond donors (Lipinski definition) is 1. The lowest BCUT2D eigenvalue weighted by Crippen LogP contribution is -2.15. The molecule has 1 aliphatic rings. The smallest absolute Gasteiger partial charge is 0.161 e. The molecule has 0 bridgehead atoms. The van der Waals surface area contributed by atoms with Crippen LogP contribution in [0.1, 0.15) is 16.7 Å². The fourth-order valence-corrected chi connectivity index (χ4v) is 2.43. The molecule has 1 aliphatic heterocycles. The van der Waals surface area contributed by atoms with E-state index >= 15 is 0 Å². The highest BCUT2D eigenvalue weighted by Gasteiger charge is 2.14. The number of hydrogen-bond acceptors (Lipinski definition) is 3. The molecule has 2 aromatic carbocycles. The molecule has 3 nitrogen and oxygen atoms in total. The van der Waals surface area contributed by atoms with Gasteiger partial charge in [0.2, 0.25) is 0 Å². The van der Waals surface area contributed by atoms with E-state index in [-0.39, 0.29) is 0 Å². The van der Waals surface area contributed by atoms with Gasteiger partial charge in [-0.1, -0.05) is 12.1 Å². The Hall–Kier alpha value is -2.16. The molecule has 0 amide bonds. The average molecular weight is 269 g/mol. The summed E-state index contributed by atoms with van der Waals surface area (Å²) in [6.07, 6.45) is 0.909. The van der Waals surface area contributed by atoms with E-state index in [2.05, 4.69) is 48.6 Å². The van der Waals surface area contributed by atoms with Crippen LogP contribution in [-0.4, -0.2) is 20.3 Å². The second-order valence-corrected chi connectivity index (χ2v) is 5.05. The lowest BCUT2D eigenvalue weighted by Gasteiger charge is -2.20. The first kappa shape index (κ1) is 12.9. The van der Waals surface area contributed by atoms with Crippen LogP contribution in [0.25, 0.3) is 0 Å². The van der Waals surface area contributed by atoms with Crippen LogP contribution in [0.3, 0.4) is 0 Å². The number of anilines is 1. The summed E-state index contributed by atoms with van der Waals surface area (Å²) in [6.45, 7) is 3.39. The quantitative estimate of drug-likeness (QED) is 0.926. The van der Waals surface area contributed by atoms with Gasteiger partial charge in [-0.15, -0.1) is 0 Å². The maximum absolute atomic E-state index is 5.66. The SMILES string of the molecule is CNc1ccc(Cc2cc3c(cc2C)OCCO3)cc1. The van der Waals surface area contributed by atoms with Gasteiger partial charge in [0.15, 0.2) is 11.5 Å². The summed E-state index contributed by atoms with van der Waals surface area (Å²) in [5.41, 5.74) is 4.95. The minimum atomic E-state index is 0.631. The summed E-state index contributed by atoms with van der Waals surface area (Å²) in [4.78, 5) is 0. The van der Waals surface area contributed by atoms with Crippen LogP contribution in [0, 0.1) is 6.92 Å². The Balaban J connectivity index is 1.86. The topological polar surface area (TPSA) is 30.5 Å². The summed E-state index contributed by atoms with van der Waals surface area (Å²) < 4.78 is 11.3. The van der Waals surface area contributed by atoms with Gasteiger partial charge in [-0.3, -0.25) is 0 Å². The highest BCUT2D eigenvalue weighted by atomic mass is 16.6. The van der Waals surface area contributed by atoms with Gasteiger partial charge in [-0.05, 0) is 54.3 Å². The van der Waals surface area contributed by atoms with Crippen molar-refractivity contribution in [3.8, 4) is 11.5 Å². The molecule has 1 N–H and O–H groups in total. The first-order chi connectivity index (χ1) is 9.76. The third kappa shape index (κ3) is 2.57. The lowest BCUT2D eigenvalue weighted by molar-refractivity contribution is 0.171. The molecule has 0 fully saturated rings. The number of rotatable bonds is 3. The normalized spacial score (nSPS) is 13.1. The van der Waals surface area contributed by atoms with Gasteiger partial charge in [0, 0.05) is 12.7 Å². The monoisotopic (exact) mass is 269 g/mol. The fourth-order valence-electron chi connectivity index (χ4n) is 2.43. The van der Waals surface area contributed by atoms with Gasteiger partial charge >= 0.3 is 0 Å². The van der Waals surface area contributed by atoms with E-state index in [9.17, 15) is 0 Å². The number of benzene rings is 2. The molecular weight excluding hydrogens is 250 g/mol. The van der Waals surface area contributed by atoms with Gasteiger partial charge in [0.1, 0.15) is 13.2 Å². The predicted octanol–water partition coefficient (Wildman–Crippen LogP) is 3.40. The van der Waals surface area contributed by atoms with Crippen LogP contribution in [0.4, 0.5) is 5.69 Å². The first-order valence-electron chi connectivity index (χ1n) is 6.92. The van der Waals surface area contributed by atoms with Gasteiger partial charge in [0.25, 0.3) is 0 Å². The number of fused-ring (bicyclic) bond motifs is 1. The lowest BCUT2D eigenvalue weighted by atomic mass is 9.99. The van der Waals surface area contributed by atoms with Crippen molar-refractivity contribution < 1.29 is 9.47 Å². The van der Waals surface area contributed by atoms with Crippen LogP contribution >= 0.6 is 0 Å². The van der Waals surface area contributed by atoms with Crippen LogP contribution in [0.15, 0.2) is 36.4 Å². The van der Waals surface area contributed by atoms with Crippen molar-refractivity contribution in [3.05, 3.63) is 53.1 Å². The first-order valence-corrected chi connectivity index (χ1v) is 6.92. The van der Waals surface area contributed by atoms with Gasteiger partial charge in [-0.2, -0.15) is 0 Å². The molecule has 2 aromatic rings. The molecule has 1 heterocycles. The van der Waals surface area contributed by atoms with Crippen molar-refractivity contribution in [1.29, 1.82) is 0 Å². The minimum absolute atomic E-state index is 0.631. The van der Waals surface area contributed by atoms with Crippen molar-refractivity contribution in [2.24, 2.45) is 0 Å². The van der Waals surface area contributed by atoms with Crippen LogP contribution in [-0.2, 0) is 6.42 Å². The molecule has 0 spiro atoms. The van der Waals surface area contributed by atoms with Crippen molar-refractivity contribution in [1.82, 2.24) is 0 Å². The average Bonchev–Trinajstić information content (AvgIpc) is 2.49. The zero-order valence-electron chi connectivity index (χ0n) is 11.9. The van der Waals surface area contributed by atoms with E-state index in [1.807, 2.05) is 7.05 Å². The molecule has 3 rings (SSSR count). The molecular formula is C17H19NO2. The zero-order valence-corrected chi connectivity index (χ0v) is 11.9. The van der Waals surface area contributed by atoms with Gasteiger partial charge in [-0.25, -0.2) is 0 Å². The summed E-state index contributed by atoms with van der Waals surface area (Å²) in [5.74, 6) is 1.73. The van der Waals surface area contributed by atoms with Crippen molar-refractivity contribution in [2.45, 2.75) is 13.3 Å². The Morgan fingerprint density at radius 2 is 1.65 bits per heavy atom.